The lowest BCUT2D eigenvalue weighted by molar-refractivity contribution is 0.103. The van der Waals surface area contributed by atoms with Crippen LogP contribution in [0.4, 0.5) is 0 Å². The van der Waals surface area contributed by atoms with Crippen LogP contribution < -0.4 is 0 Å². The van der Waals surface area contributed by atoms with Gasteiger partial charge in [-0.2, -0.15) is 0 Å². The van der Waals surface area contributed by atoms with Crippen LogP contribution in [-0.2, 0) is 0 Å². The van der Waals surface area contributed by atoms with Gasteiger partial charge in [-0.05, 0) is 0 Å². The van der Waals surface area contributed by atoms with E-state index < -0.39 is 0 Å². The van der Waals surface area contributed by atoms with Crippen LogP contribution in [0.5, 0.6) is 0 Å². The van der Waals surface area contributed by atoms with E-state index in [1.807, 2.05) is 0 Å². The Morgan fingerprint density at radius 3 is 2.92 bits per heavy atom. The van der Waals surface area contributed by atoms with Gasteiger partial charge in [0, 0.05) is 11.6 Å². The van der Waals surface area contributed by atoms with E-state index in [0.717, 1.165) is 0 Å². The first kappa shape index (κ1) is 7.57. The molecule has 5 heteroatoms. The van der Waals surface area contributed by atoms with Gasteiger partial charge in [-0.15, -0.1) is 22.7 Å². The number of nitrogens with zero attached hydrogens (tertiary/aromatic N) is 2. The minimum Gasteiger partial charge on any atom is -0.286 e. The van der Waals surface area contributed by atoms with Gasteiger partial charge in [-0.25, -0.2) is 4.98 Å². The molecule has 60 valence electrons. The van der Waals surface area contributed by atoms with Crippen molar-refractivity contribution in [3.63, 3.8) is 0 Å². The number of ketones is 1. The van der Waals surface area contributed by atoms with Gasteiger partial charge >= 0.3 is 0 Å². The number of carbonyl (C=O) groups excluding carboxylic acids is 1. The summed E-state index contributed by atoms with van der Waals surface area (Å²) >= 11 is 2.75. The average Bonchev–Trinajstić information content (AvgIpc) is 2.77. The Balaban J connectivity index is 2.34. The molecule has 0 fully saturated rings. The molecule has 12 heavy (non-hydrogen) atoms. The van der Waals surface area contributed by atoms with Crippen LogP contribution in [0.3, 0.4) is 0 Å². The number of hydrogen-bond acceptors (Lipinski definition) is 5. The maximum absolute atomic E-state index is 11.5. The van der Waals surface area contributed by atoms with E-state index in [2.05, 4.69) is 9.97 Å². The monoisotopic (exact) mass is 196 g/mol. The Kier molecular flexibility index (Phi) is 1.97. The van der Waals surface area contributed by atoms with E-state index in [1.54, 1.807) is 22.6 Å². The maximum atomic E-state index is 11.5. The third-order valence-electron chi connectivity index (χ3n) is 1.32. The molecule has 2 aromatic rings. The summed E-state index contributed by atoms with van der Waals surface area (Å²) in [6, 6.07) is 0. The Bertz CT molecular complexity index is 330. The summed E-state index contributed by atoms with van der Waals surface area (Å²) in [5.41, 5.74) is 3.79. The molecule has 0 N–H and O–H groups in total. The second-order valence-electron chi connectivity index (χ2n) is 2.07. The predicted octanol–water partition coefficient (Wildman–Crippen LogP) is 1.83. The molecule has 0 aliphatic heterocycles. The zero-order valence-corrected chi connectivity index (χ0v) is 7.56. The highest BCUT2D eigenvalue weighted by Gasteiger charge is 2.11. The average molecular weight is 196 g/mol. The van der Waals surface area contributed by atoms with Gasteiger partial charge in [0.1, 0.15) is 5.69 Å². The highest BCUT2D eigenvalue weighted by Crippen LogP contribution is 2.12. The molecule has 0 aromatic carbocycles. The molecule has 3 nitrogen and oxygen atoms in total. The topological polar surface area (TPSA) is 42.9 Å². The Morgan fingerprint density at radius 1 is 1.42 bits per heavy atom. The van der Waals surface area contributed by atoms with Gasteiger partial charge in [-0.3, -0.25) is 9.78 Å². The van der Waals surface area contributed by atoms with E-state index >= 15 is 0 Å². The summed E-state index contributed by atoms with van der Waals surface area (Å²) in [5.74, 6) is -0.0428. The van der Waals surface area contributed by atoms with Crippen molar-refractivity contribution < 1.29 is 4.79 Å². The number of rotatable bonds is 2. The zero-order chi connectivity index (χ0) is 8.39. The highest BCUT2D eigenvalue weighted by atomic mass is 32.1. The fourth-order valence-electron chi connectivity index (χ4n) is 0.779. The third-order valence-corrected chi connectivity index (χ3v) is 2.68. The predicted molar refractivity (Wildman–Crippen MR) is 47.7 cm³/mol. The molecule has 0 spiro atoms. The standard InChI is InChI=1S/C7H4N2OS2/c10-7(5-2-11-4-9-5)6-1-8-3-12-6/h1-4H. The molecular weight excluding hydrogens is 192 g/mol. The minimum absolute atomic E-state index is 0.0428. The quantitative estimate of drug-likeness (QED) is 0.688. The largest absolute Gasteiger partial charge is 0.286 e. The second kappa shape index (κ2) is 3.12. The van der Waals surface area contributed by atoms with Crippen LogP contribution in [0.2, 0.25) is 0 Å². The SMILES string of the molecule is O=C(c1cscn1)c1cncs1. The van der Waals surface area contributed by atoms with Gasteiger partial charge in [0.2, 0.25) is 5.78 Å². The molecule has 0 saturated carbocycles. The molecule has 0 aliphatic carbocycles. The molecule has 0 bridgehead atoms. The van der Waals surface area contributed by atoms with Crippen molar-refractivity contribution in [2.24, 2.45) is 0 Å². The Hall–Kier alpha value is -1.07. The molecule has 0 atom stereocenters. The Morgan fingerprint density at radius 2 is 2.33 bits per heavy atom. The first-order valence-electron chi connectivity index (χ1n) is 3.19. The normalized spacial score (nSPS) is 10.0. The van der Waals surface area contributed by atoms with E-state index in [4.69, 9.17) is 0 Å². The van der Waals surface area contributed by atoms with E-state index in [1.165, 1.54) is 22.7 Å². The summed E-state index contributed by atoms with van der Waals surface area (Å²) in [6.07, 6.45) is 1.56. The van der Waals surface area contributed by atoms with Crippen LogP contribution >= 0.6 is 22.7 Å². The molecule has 0 aliphatic rings. The Labute approximate surface area is 76.7 Å². The maximum Gasteiger partial charge on any atom is 0.223 e. The highest BCUT2D eigenvalue weighted by molar-refractivity contribution is 7.12. The van der Waals surface area contributed by atoms with E-state index in [9.17, 15) is 4.79 Å². The van der Waals surface area contributed by atoms with Gasteiger partial charge in [0.05, 0.1) is 15.9 Å². The molecule has 2 aromatic heterocycles. The molecule has 0 amide bonds. The van der Waals surface area contributed by atoms with Gasteiger partial charge in [0.25, 0.3) is 0 Å². The van der Waals surface area contributed by atoms with Crippen molar-refractivity contribution in [2.75, 3.05) is 0 Å². The minimum atomic E-state index is -0.0428. The van der Waals surface area contributed by atoms with Crippen LogP contribution in [0.15, 0.2) is 22.6 Å². The van der Waals surface area contributed by atoms with Crippen molar-refractivity contribution >= 4 is 28.5 Å². The van der Waals surface area contributed by atoms with Crippen LogP contribution in [0.1, 0.15) is 15.4 Å². The summed E-state index contributed by atoms with van der Waals surface area (Å²) in [6.45, 7) is 0. The van der Waals surface area contributed by atoms with E-state index in [-0.39, 0.29) is 5.78 Å². The molecule has 2 heterocycles. The molecular formula is C7H4N2OS2. The van der Waals surface area contributed by atoms with Gasteiger partial charge < -0.3 is 0 Å². The molecule has 0 unspecified atom stereocenters. The van der Waals surface area contributed by atoms with Crippen LogP contribution in [-0.4, -0.2) is 15.8 Å². The summed E-state index contributed by atoms with van der Waals surface area (Å²) in [7, 11) is 0. The molecule has 0 saturated heterocycles. The van der Waals surface area contributed by atoms with Crippen molar-refractivity contribution in [3.8, 4) is 0 Å². The zero-order valence-electron chi connectivity index (χ0n) is 5.93. The molecule has 2 rings (SSSR count). The summed E-state index contributed by atoms with van der Waals surface area (Å²) in [5, 5.41) is 1.74. The van der Waals surface area contributed by atoms with Crippen LogP contribution in [0, 0.1) is 0 Å². The first-order chi connectivity index (χ1) is 5.88. The number of aromatic nitrogens is 2. The summed E-state index contributed by atoms with van der Waals surface area (Å²) < 4.78 is 0. The number of hydrogen-bond donors (Lipinski definition) is 0. The van der Waals surface area contributed by atoms with Crippen molar-refractivity contribution in [2.45, 2.75) is 0 Å². The smallest absolute Gasteiger partial charge is 0.223 e. The number of thiazole rings is 2. The van der Waals surface area contributed by atoms with Gasteiger partial charge in [-0.1, -0.05) is 0 Å². The third kappa shape index (κ3) is 1.28. The lowest BCUT2D eigenvalue weighted by Gasteiger charge is -1.87. The fourth-order valence-corrected chi connectivity index (χ4v) is 1.88. The lowest BCUT2D eigenvalue weighted by Crippen LogP contribution is -1.97. The fraction of sp³-hybridized carbons (Fsp3) is 0. The lowest BCUT2D eigenvalue weighted by atomic mass is 10.3. The van der Waals surface area contributed by atoms with Crippen LogP contribution in [0.25, 0.3) is 0 Å². The van der Waals surface area contributed by atoms with Crippen molar-refractivity contribution in [1.29, 1.82) is 0 Å². The number of carbonyl (C=O) groups is 1. The van der Waals surface area contributed by atoms with E-state index in [0.29, 0.717) is 10.6 Å². The van der Waals surface area contributed by atoms with Gasteiger partial charge in [0.15, 0.2) is 0 Å². The molecule has 0 radical (unpaired) electrons. The summed E-state index contributed by atoms with van der Waals surface area (Å²) in [4.78, 5) is 19.9. The second-order valence-corrected chi connectivity index (χ2v) is 3.67. The van der Waals surface area contributed by atoms with Crippen molar-refractivity contribution in [1.82, 2.24) is 9.97 Å². The first-order valence-corrected chi connectivity index (χ1v) is 5.01. The van der Waals surface area contributed by atoms with Crippen molar-refractivity contribution in [3.05, 3.63) is 33.2 Å².